The second kappa shape index (κ2) is 10.9. The second-order valence-corrected chi connectivity index (χ2v) is 7.48. The number of carbonyl (C=O) groups excluding carboxylic acids is 2. The molecule has 0 aliphatic carbocycles. The van der Waals surface area contributed by atoms with Gasteiger partial charge >= 0.3 is 0 Å². The van der Waals surface area contributed by atoms with Crippen molar-refractivity contribution in [3.8, 4) is 0 Å². The average Bonchev–Trinajstić information content (AvgIpc) is 2.54. The maximum absolute atomic E-state index is 12.6. The number of hydrogen-bond acceptors (Lipinski definition) is 3. The van der Waals surface area contributed by atoms with E-state index in [4.69, 9.17) is 0 Å². The molecule has 2 aliphatic heterocycles. The van der Waals surface area contributed by atoms with Gasteiger partial charge in [-0.05, 0) is 63.5 Å². The third kappa shape index (κ3) is 6.60. The van der Waals surface area contributed by atoms with Crippen LogP contribution in [0.3, 0.4) is 0 Å². The lowest BCUT2D eigenvalue weighted by atomic mass is 9.96. The van der Waals surface area contributed by atoms with Gasteiger partial charge in [0.15, 0.2) is 0 Å². The second-order valence-electron chi connectivity index (χ2n) is 7.48. The molecule has 0 radical (unpaired) electrons. The minimum atomic E-state index is -0.285. The van der Waals surface area contributed by atoms with E-state index in [1.807, 2.05) is 4.90 Å². The van der Waals surface area contributed by atoms with E-state index in [1.165, 1.54) is 12.8 Å². The minimum absolute atomic E-state index is 0. The number of carbonyl (C=O) groups is 2. The lowest BCUT2D eigenvalue weighted by Gasteiger charge is -2.34. The fourth-order valence-corrected chi connectivity index (χ4v) is 3.67. The van der Waals surface area contributed by atoms with E-state index in [-0.39, 0.29) is 30.3 Å². The highest BCUT2D eigenvalue weighted by Crippen LogP contribution is 2.19. The van der Waals surface area contributed by atoms with Crippen molar-refractivity contribution in [1.29, 1.82) is 0 Å². The van der Waals surface area contributed by atoms with E-state index >= 15 is 0 Å². The number of rotatable bonds is 7. The zero-order chi connectivity index (χ0) is 16.7. The molecule has 5 nitrogen and oxygen atoms in total. The van der Waals surface area contributed by atoms with E-state index in [2.05, 4.69) is 24.5 Å². The first-order valence-corrected chi connectivity index (χ1v) is 9.36. The summed E-state index contributed by atoms with van der Waals surface area (Å²) < 4.78 is 0. The highest BCUT2D eigenvalue weighted by molar-refractivity contribution is 5.88. The van der Waals surface area contributed by atoms with Crippen LogP contribution in [0.1, 0.15) is 58.8 Å². The molecule has 2 unspecified atom stereocenters. The summed E-state index contributed by atoms with van der Waals surface area (Å²) in [6.45, 7) is 7.87. The molecule has 2 rings (SSSR count). The summed E-state index contributed by atoms with van der Waals surface area (Å²) in [5.74, 6) is 1.26. The van der Waals surface area contributed by atoms with Gasteiger partial charge < -0.3 is 15.5 Å². The van der Waals surface area contributed by atoms with Crippen LogP contribution in [0.15, 0.2) is 0 Å². The zero-order valence-electron chi connectivity index (χ0n) is 15.2. The molecule has 2 N–H and O–H groups in total. The summed E-state index contributed by atoms with van der Waals surface area (Å²) in [5.41, 5.74) is 0. The predicted molar refractivity (Wildman–Crippen MR) is 99.3 cm³/mol. The van der Waals surface area contributed by atoms with Crippen LogP contribution >= 0.6 is 12.4 Å². The minimum Gasteiger partial charge on any atom is -0.354 e. The molecule has 6 heteroatoms. The Kier molecular flexibility index (Phi) is 9.67. The molecule has 24 heavy (non-hydrogen) atoms. The van der Waals surface area contributed by atoms with Crippen LogP contribution in [0.25, 0.3) is 0 Å². The number of piperidine rings is 2. The summed E-state index contributed by atoms with van der Waals surface area (Å²) in [7, 11) is 0. The number of hydrogen-bond donors (Lipinski definition) is 2. The standard InChI is InChI=1S/C18H33N3O2.ClH/c1-14(2)12-16(21-11-4-3-7-17(21)22)18(23)20-10-8-15-6-5-9-19-13-15;/h14-16,19H,3-13H2,1-2H3,(H,20,23);1H. The Morgan fingerprint density at radius 1 is 1.33 bits per heavy atom. The summed E-state index contributed by atoms with van der Waals surface area (Å²) in [5, 5.41) is 6.51. The van der Waals surface area contributed by atoms with Crippen LogP contribution in [0.4, 0.5) is 0 Å². The number of nitrogens with zero attached hydrogens (tertiary/aromatic N) is 1. The van der Waals surface area contributed by atoms with Crippen LogP contribution < -0.4 is 10.6 Å². The molecule has 2 atom stereocenters. The molecule has 0 aromatic carbocycles. The molecule has 2 aliphatic rings. The molecular weight excluding hydrogens is 326 g/mol. The lowest BCUT2D eigenvalue weighted by Crippen LogP contribution is -2.52. The van der Waals surface area contributed by atoms with Gasteiger partial charge in [-0.25, -0.2) is 0 Å². The Balaban J connectivity index is 0.00000288. The van der Waals surface area contributed by atoms with Gasteiger partial charge in [-0.3, -0.25) is 9.59 Å². The molecule has 140 valence electrons. The van der Waals surface area contributed by atoms with Crippen LogP contribution in [-0.4, -0.2) is 48.9 Å². The van der Waals surface area contributed by atoms with Crippen molar-refractivity contribution >= 4 is 24.2 Å². The molecule has 0 spiro atoms. The first-order valence-electron chi connectivity index (χ1n) is 9.36. The van der Waals surface area contributed by atoms with Crippen molar-refractivity contribution in [2.75, 3.05) is 26.2 Å². The van der Waals surface area contributed by atoms with Gasteiger partial charge in [0.1, 0.15) is 6.04 Å². The van der Waals surface area contributed by atoms with E-state index in [1.54, 1.807) is 0 Å². The number of amides is 2. The van der Waals surface area contributed by atoms with Crippen molar-refractivity contribution in [2.24, 2.45) is 11.8 Å². The first kappa shape index (κ1) is 21.2. The van der Waals surface area contributed by atoms with Gasteiger partial charge in [0, 0.05) is 19.5 Å². The Bertz CT molecular complexity index is 398. The van der Waals surface area contributed by atoms with Gasteiger partial charge in [-0.15, -0.1) is 12.4 Å². The number of likely N-dealkylation sites (tertiary alicyclic amines) is 1. The molecule has 0 aromatic rings. The third-order valence-electron chi connectivity index (χ3n) is 4.98. The molecule has 2 amide bonds. The van der Waals surface area contributed by atoms with Crippen LogP contribution in [0.2, 0.25) is 0 Å². The maximum atomic E-state index is 12.6. The quantitative estimate of drug-likeness (QED) is 0.733. The topological polar surface area (TPSA) is 61.4 Å². The first-order chi connectivity index (χ1) is 11.1. The highest BCUT2D eigenvalue weighted by atomic mass is 35.5. The average molecular weight is 360 g/mol. The zero-order valence-corrected chi connectivity index (χ0v) is 16.0. The van der Waals surface area contributed by atoms with Crippen LogP contribution in [-0.2, 0) is 9.59 Å². The van der Waals surface area contributed by atoms with Gasteiger partial charge in [0.2, 0.25) is 11.8 Å². The lowest BCUT2D eigenvalue weighted by molar-refractivity contribution is -0.143. The maximum Gasteiger partial charge on any atom is 0.242 e. The van der Waals surface area contributed by atoms with E-state index in [0.29, 0.717) is 18.3 Å². The van der Waals surface area contributed by atoms with E-state index in [9.17, 15) is 9.59 Å². The molecule has 2 saturated heterocycles. The Morgan fingerprint density at radius 3 is 2.75 bits per heavy atom. The fourth-order valence-electron chi connectivity index (χ4n) is 3.67. The van der Waals surface area contributed by atoms with Crippen LogP contribution in [0.5, 0.6) is 0 Å². The normalized spacial score (nSPS) is 22.9. The monoisotopic (exact) mass is 359 g/mol. The number of halogens is 1. The molecule has 0 bridgehead atoms. The Labute approximate surface area is 152 Å². The summed E-state index contributed by atoms with van der Waals surface area (Å²) >= 11 is 0. The van der Waals surface area contributed by atoms with E-state index < -0.39 is 0 Å². The van der Waals surface area contributed by atoms with Gasteiger partial charge in [0.25, 0.3) is 0 Å². The van der Waals surface area contributed by atoms with Crippen LogP contribution in [0, 0.1) is 11.8 Å². The van der Waals surface area contributed by atoms with Crippen molar-refractivity contribution in [3.05, 3.63) is 0 Å². The van der Waals surface area contributed by atoms with Crippen molar-refractivity contribution in [3.63, 3.8) is 0 Å². The summed E-state index contributed by atoms with van der Waals surface area (Å²) in [4.78, 5) is 26.6. The highest BCUT2D eigenvalue weighted by Gasteiger charge is 2.31. The predicted octanol–water partition coefficient (Wildman–Crippen LogP) is 2.34. The SMILES string of the molecule is CC(C)CC(C(=O)NCCC1CCCNC1)N1CCCCC1=O.Cl. The Hall–Kier alpha value is -0.810. The molecular formula is C18H34ClN3O2. The van der Waals surface area contributed by atoms with Gasteiger partial charge in [-0.1, -0.05) is 13.8 Å². The smallest absolute Gasteiger partial charge is 0.242 e. The Morgan fingerprint density at radius 2 is 2.12 bits per heavy atom. The number of nitrogens with one attached hydrogen (secondary N) is 2. The largest absolute Gasteiger partial charge is 0.354 e. The molecule has 2 fully saturated rings. The van der Waals surface area contributed by atoms with Gasteiger partial charge in [-0.2, -0.15) is 0 Å². The summed E-state index contributed by atoms with van der Waals surface area (Å²) in [6.07, 6.45) is 6.83. The summed E-state index contributed by atoms with van der Waals surface area (Å²) in [6, 6.07) is -0.285. The molecule has 0 aromatic heterocycles. The fraction of sp³-hybridized carbons (Fsp3) is 0.889. The molecule has 2 heterocycles. The van der Waals surface area contributed by atoms with Crippen molar-refractivity contribution < 1.29 is 9.59 Å². The molecule has 0 saturated carbocycles. The van der Waals surface area contributed by atoms with Crippen molar-refractivity contribution in [2.45, 2.75) is 64.8 Å². The third-order valence-corrected chi connectivity index (χ3v) is 4.98. The van der Waals surface area contributed by atoms with E-state index in [0.717, 1.165) is 51.9 Å². The van der Waals surface area contributed by atoms with Crippen molar-refractivity contribution in [1.82, 2.24) is 15.5 Å². The van der Waals surface area contributed by atoms with Gasteiger partial charge in [0.05, 0.1) is 0 Å².